The molecular formula is C23H35N5O5S. The van der Waals surface area contributed by atoms with E-state index in [-0.39, 0.29) is 31.3 Å². The van der Waals surface area contributed by atoms with E-state index in [2.05, 4.69) is 10.3 Å². The van der Waals surface area contributed by atoms with Crippen LogP contribution in [0.15, 0.2) is 33.7 Å². The SMILES string of the molecule is CCCN(OCCNC(=O)OC(C)(C)C)C(=O)C1=Cc2ccc(S(=O)N(C)C)cc2N=C(N)C1. The van der Waals surface area contributed by atoms with Gasteiger partial charge < -0.3 is 15.8 Å². The smallest absolute Gasteiger partial charge is 0.407 e. The Morgan fingerprint density at radius 3 is 2.59 bits per heavy atom. The molecule has 0 aliphatic carbocycles. The normalized spacial score (nSPS) is 14.4. The summed E-state index contributed by atoms with van der Waals surface area (Å²) in [6.07, 6.45) is 2.01. The van der Waals surface area contributed by atoms with Crippen molar-refractivity contribution in [2.45, 2.75) is 51.0 Å². The van der Waals surface area contributed by atoms with Crippen LogP contribution in [0.1, 0.15) is 46.1 Å². The van der Waals surface area contributed by atoms with Crippen LogP contribution in [0, 0.1) is 0 Å². The van der Waals surface area contributed by atoms with Crippen molar-refractivity contribution >= 4 is 40.6 Å². The second-order valence-corrected chi connectivity index (χ2v) is 10.6. The molecule has 2 rings (SSSR count). The zero-order chi connectivity index (χ0) is 25.5. The van der Waals surface area contributed by atoms with Gasteiger partial charge in [-0.05, 0) is 59.5 Å². The first-order valence-electron chi connectivity index (χ1n) is 11.1. The summed E-state index contributed by atoms with van der Waals surface area (Å²) in [5, 5.41) is 3.88. The van der Waals surface area contributed by atoms with Crippen molar-refractivity contribution in [1.29, 1.82) is 0 Å². The Morgan fingerprint density at radius 1 is 1.26 bits per heavy atom. The van der Waals surface area contributed by atoms with Gasteiger partial charge in [0.15, 0.2) is 0 Å². The fourth-order valence-electron chi connectivity index (χ4n) is 3.04. The predicted octanol–water partition coefficient (Wildman–Crippen LogP) is 2.74. The Bertz CT molecular complexity index is 984. The Hall–Kier alpha value is -2.76. The molecule has 1 aliphatic heterocycles. The summed E-state index contributed by atoms with van der Waals surface area (Å²) >= 11 is 0. The molecule has 10 nitrogen and oxygen atoms in total. The van der Waals surface area contributed by atoms with E-state index in [4.69, 9.17) is 15.3 Å². The van der Waals surface area contributed by atoms with Crippen molar-refractivity contribution in [2.75, 3.05) is 33.8 Å². The van der Waals surface area contributed by atoms with Crippen LogP contribution in [-0.4, -0.2) is 70.8 Å². The van der Waals surface area contributed by atoms with Crippen LogP contribution >= 0.6 is 0 Å². The zero-order valence-electron chi connectivity index (χ0n) is 20.7. The molecule has 34 heavy (non-hydrogen) atoms. The standard InChI is InChI=1S/C23H35N5O5S/c1-7-11-28(32-12-10-25-22(30)33-23(2,3)4)21(29)17-13-16-8-9-18(34(31)27(5)6)15-19(16)26-20(24)14-17/h8-9,13,15H,7,10-12,14H2,1-6H3,(H2,24,26)(H,25,30). The average Bonchev–Trinajstić information content (AvgIpc) is 2.90. The highest BCUT2D eigenvalue weighted by atomic mass is 32.2. The molecule has 0 saturated heterocycles. The number of aliphatic imine (C=N–C) groups is 1. The molecule has 0 radical (unpaired) electrons. The summed E-state index contributed by atoms with van der Waals surface area (Å²) in [4.78, 5) is 35.7. The predicted molar refractivity (Wildman–Crippen MR) is 133 cm³/mol. The fraction of sp³-hybridized carbons (Fsp3) is 0.522. The molecule has 0 saturated carbocycles. The number of hydrogen-bond donors (Lipinski definition) is 2. The number of fused-ring (bicyclic) bond motifs is 1. The Morgan fingerprint density at radius 2 is 1.97 bits per heavy atom. The molecule has 1 atom stereocenters. The van der Waals surface area contributed by atoms with Crippen molar-refractivity contribution in [3.05, 3.63) is 29.3 Å². The van der Waals surface area contributed by atoms with Crippen LogP contribution in [0.25, 0.3) is 6.08 Å². The van der Waals surface area contributed by atoms with Crippen LogP contribution in [0.3, 0.4) is 0 Å². The van der Waals surface area contributed by atoms with Gasteiger partial charge in [0.25, 0.3) is 5.91 Å². The van der Waals surface area contributed by atoms with Crippen molar-refractivity contribution < 1.29 is 23.4 Å². The van der Waals surface area contributed by atoms with E-state index in [1.54, 1.807) is 63.4 Å². The second kappa shape index (κ2) is 12.1. The molecule has 188 valence electrons. The lowest BCUT2D eigenvalue weighted by atomic mass is 10.1. The monoisotopic (exact) mass is 493 g/mol. The van der Waals surface area contributed by atoms with Crippen molar-refractivity contribution in [2.24, 2.45) is 10.7 Å². The maximum Gasteiger partial charge on any atom is 0.407 e. The van der Waals surface area contributed by atoms with Gasteiger partial charge in [0.05, 0.1) is 17.2 Å². The maximum atomic E-state index is 13.2. The van der Waals surface area contributed by atoms with Gasteiger partial charge in [0.2, 0.25) is 0 Å². The van der Waals surface area contributed by atoms with Gasteiger partial charge in [-0.2, -0.15) is 0 Å². The molecule has 2 amide bonds. The Kier molecular flexibility index (Phi) is 9.77. The number of nitrogens with one attached hydrogen (secondary N) is 1. The summed E-state index contributed by atoms with van der Waals surface area (Å²) in [5.74, 6) is -0.0553. The number of benzene rings is 1. The lowest BCUT2D eigenvalue weighted by Crippen LogP contribution is -2.38. The highest BCUT2D eigenvalue weighted by Gasteiger charge is 2.23. The van der Waals surface area contributed by atoms with Gasteiger partial charge in [-0.1, -0.05) is 13.0 Å². The third kappa shape index (κ3) is 8.23. The molecular weight excluding hydrogens is 458 g/mol. The first kappa shape index (κ1) is 27.5. The first-order chi connectivity index (χ1) is 15.9. The third-order valence-electron chi connectivity index (χ3n) is 4.45. The number of nitrogens with two attached hydrogens (primary N) is 1. The molecule has 1 heterocycles. The van der Waals surface area contributed by atoms with E-state index < -0.39 is 22.7 Å². The van der Waals surface area contributed by atoms with E-state index in [0.29, 0.717) is 34.7 Å². The maximum absolute atomic E-state index is 13.2. The number of hydrogen-bond acceptors (Lipinski definition) is 7. The highest BCUT2D eigenvalue weighted by molar-refractivity contribution is 7.82. The number of rotatable bonds is 9. The van der Waals surface area contributed by atoms with Crippen molar-refractivity contribution in [3.63, 3.8) is 0 Å². The number of carbonyl (C=O) groups excluding carboxylic acids is 2. The number of hydroxylamine groups is 2. The van der Waals surface area contributed by atoms with E-state index >= 15 is 0 Å². The first-order valence-corrected chi connectivity index (χ1v) is 12.2. The zero-order valence-corrected chi connectivity index (χ0v) is 21.5. The second-order valence-electron chi connectivity index (χ2n) is 8.90. The summed E-state index contributed by atoms with van der Waals surface area (Å²) in [5.41, 5.74) is 7.18. The van der Waals surface area contributed by atoms with Gasteiger partial charge in [0.1, 0.15) is 22.4 Å². The van der Waals surface area contributed by atoms with Crippen LogP contribution in [-0.2, 0) is 25.4 Å². The number of alkyl carbamates (subject to hydrolysis) is 1. The molecule has 0 spiro atoms. The van der Waals surface area contributed by atoms with Gasteiger partial charge >= 0.3 is 6.09 Å². The molecule has 11 heteroatoms. The van der Waals surface area contributed by atoms with Gasteiger partial charge in [0, 0.05) is 30.6 Å². The summed E-state index contributed by atoms with van der Waals surface area (Å²) in [6, 6.07) is 5.23. The minimum absolute atomic E-state index is 0.0954. The number of ether oxygens (including phenoxy) is 1. The molecule has 1 unspecified atom stereocenters. The molecule has 0 bridgehead atoms. The molecule has 1 aromatic rings. The van der Waals surface area contributed by atoms with Gasteiger partial charge in [-0.3, -0.25) is 9.63 Å². The Labute approximate surface area is 203 Å². The van der Waals surface area contributed by atoms with E-state index in [1.165, 1.54) is 5.06 Å². The molecule has 3 N–H and O–H groups in total. The number of amides is 2. The Balaban J connectivity index is 2.12. The fourth-order valence-corrected chi connectivity index (χ4v) is 3.86. The average molecular weight is 494 g/mol. The van der Waals surface area contributed by atoms with E-state index in [0.717, 1.165) is 0 Å². The van der Waals surface area contributed by atoms with Crippen molar-refractivity contribution in [1.82, 2.24) is 14.7 Å². The van der Waals surface area contributed by atoms with Crippen LogP contribution < -0.4 is 11.1 Å². The lowest BCUT2D eigenvalue weighted by Gasteiger charge is -2.23. The minimum atomic E-state index is -1.32. The van der Waals surface area contributed by atoms with E-state index in [1.807, 2.05) is 6.92 Å². The van der Waals surface area contributed by atoms with Crippen LogP contribution in [0.5, 0.6) is 0 Å². The molecule has 0 fully saturated rings. The summed E-state index contributed by atoms with van der Waals surface area (Å²) < 4.78 is 19.2. The van der Waals surface area contributed by atoms with Gasteiger partial charge in [-0.25, -0.2) is 23.4 Å². The lowest BCUT2D eigenvalue weighted by molar-refractivity contribution is -0.181. The molecule has 0 aromatic heterocycles. The van der Waals surface area contributed by atoms with Crippen LogP contribution in [0.2, 0.25) is 0 Å². The van der Waals surface area contributed by atoms with Gasteiger partial charge in [-0.15, -0.1) is 0 Å². The minimum Gasteiger partial charge on any atom is -0.444 e. The number of carbonyl (C=O) groups is 2. The molecule has 1 aromatic carbocycles. The number of amidine groups is 1. The van der Waals surface area contributed by atoms with E-state index in [9.17, 15) is 13.8 Å². The quantitative estimate of drug-likeness (QED) is 0.402. The third-order valence-corrected chi connectivity index (χ3v) is 5.77. The van der Waals surface area contributed by atoms with Crippen LogP contribution in [0.4, 0.5) is 10.5 Å². The van der Waals surface area contributed by atoms with Crippen molar-refractivity contribution in [3.8, 4) is 0 Å². The molecule has 1 aliphatic rings. The summed E-state index contributed by atoms with van der Waals surface area (Å²) in [7, 11) is 2.12. The highest BCUT2D eigenvalue weighted by Crippen LogP contribution is 2.29. The largest absolute Gasteiger partial charge is 0.444 e. The number of nitrogens with zero attached hydrogens (tertiary/aromatic N) is 3. The summed E-state index contributed by atoms with van der Waals surface area (Å²) in [6.45, 7) is 7.91. The topological polar surface area (TPSA) is 127 Å².